The summed E-state index contributed by atoms with van der Waals surface area (Å²) in [6.45, 7) is -0.485. The fourth-order valence-electron chi connectivity index (χ4n) is 3.92. The van der Waals surface area contributed by atoms with Crippen molar-refractivity contribution in [2.45, 2.75) is 36.3 Å². The molecule has 0 spiro atoms. The van der Waals surface area contributed by atoms with Gasteiger partial charge >= 0.3 is 12.4 Å². The highest BCUT2D eigenvalue weighted by Crippen LogP contribution is 2.46. The molecule has 3 aromatic rings. The Labute approximate surface area is 187 Å². The first-order valence-electron chi connectivity index (χ1n) is 9.35. The number of fused-ring (bicyclic) bond motifs is 1. The number of aromatic nitrogens is 2. The molecule has 2 aromatic heterocycles. The van der Waals surface area contributed by atoms with Crippen LogP contribution in [0.1, 0.15) is 18.4 Å². The number of nitrogens with one attached hydrogen (secondary N) is 1. The second-order valence-corrected chi connectivity index (χ2v) is 9.53. The van der Waals surface area contributed by atoms with E-state index in [0.29, 0.717) is 0 Å². The molecule has 1 saturated heterocycles. The summed E-state index contributed by atoms with van der Waals surface area (Å²) in [7, 11) is -4.97. The first-order chi connectivity index (χ1) is 15.2. The number of aromatic amines is 1. The third kappa shape index (κ3) is 3.95. The van der Waals surface area contributed by atoms with E-state index in [0.717, 1.165) is 0 Å². The molecule has 0 saturated carbocycles. The second kappa shape index (κ2) is 7.84. The van der Waals surface area contributed by atoms with Crippen LogP contribution in [0, 0.1) is 5.82 Å². The maximum atomic E-state index is 14.7. The number of benzene rings is 1. The predicted octanol–water partition coefficient (Wildman–Crippen LogP) is 5.76. The number of alkyl halides is 6. The van der Waals surface area contributed by atoms with Crippen LogP contribution < -0.4 is 0 Å². The molecule has 1 aliphatic heterocycles. The molecule has 33 heavy (non-hydrogen) atoms. The van der Waals surface area contributed by atoms with Crippen LogP contribution >= 0.6 is 11.6 Å². The topological polar surface area (TPSA) is 66.1 Å². The third-order valence-electron chi connectivity index (χ3n) is 5.31. The summed E-state index contributed by atoms with van der Waals surface area (Å²) >= 11 is 6.15. The first-order valence-corrected chi connectivity index (χ1v) is 11.2. The molecule has 5 nitrogen and oxygen atoms in total. The maximum absolute atomic E-state index is 14.7. The van der Waals surface area contributed by atoms with Crippen LogP contribution in [-0.2, 0) is 16.2 Å². The van der Waals surface area contributed by atoms with Crippen LogP contribution in [0.5, 0.6) is 0 Å². The van der Waals surface area contributed by atoms with Gasteiger partial charge in [-0.25, -0.2) is 12.8 Å². The van der Waals surface area contributed by atoms with E-state index in [9.17, 15) is 39.2 Å². The minimum atomic E-state index is -5.07. The van der Waals surface area contributed by atoms with Crippen molar-refractivity contribution in [3.63, 3.8) is 0 Å². The zero-order valence-corrected chi connectivity index (χ0v) is 17.8. The lowest BCUT2D eigenvalue weighted by Gasteiger charge is -2.25. The second-order valence-electron chi connectivity index (χ2n) is 7.33. The van der Waals surface area contributed by atoms with Crippen molar-refractivity contribution in [2.75, 3.05) is 6.54 Å². The Kier molecular flexibility index (Phi) is 5.65. The van der Waals surface area contributed by atoms with Gasteiger partial charge in [-0.1, -0.05) is 17.7 Å². The van der Waals surface area contributed by atoms with Gasteiger partial charge in [-0.3, -0.25) is 4.98 Å². The summed E-state index contributed by atoms with van der Waals surface area (Å²) in [5, 5.41) is -2.53. The number of rotatable bonds is 3. The number of H-pyrrole nitrogens is 1. The average Bonchev–Trinajstić information content (AvgIpc) is 3.34. The first kappa shape index (κ1) is 23.8. The quantitative estimate of drug-likeness (QED) is 0.451. The van der Waals surface area contributed by atoms with Gasteiger partial charge in [0.25, 0.3) is 10.0 Å². The Morgan fingerprint density at radius 1 is 1.15 bits per heavy atom. The fraction of sp³-hybridized carbons (Fsp3) is 0.316. The van der Waals surface area contributed by atoms with Crippen molar-refractivity contribution in [1.82, 2.24) is 14.3 Å². The standard InChI is InChI=1S/C19H13ClF7N3O2S/c20-15-14-13(11-4-1-2-6-28-11)9(18(22,23)24)8-10(21)16(14)29-17(15)33(31,32)30-7-3-5-12(30)19(25,26)27/h1-2,4,6,8,12,29H,3,5,7H2/t12-/m0/s1. The van der Waals surface area contributed by atoms with Crippen LogP contribution in [0.4, 0.5) is 30.7 Å². The van der Waals surface area contributed by atoms with Crippen LogP contribution in [0.25, 0.3) is 22.2 Å². The van der Waals surface area contributed by atoms with Crippen molar-refractivity contribution in [2.24, 2.45) is 0 Å². The van der Waals surface area contributed by atoms with Gasteiger partial charge in [-0.05, 0) is 31.0 Å². The van der Waals surface area contributed by atoms with E-state index >= 15 is 0 Å². The zero-order valence-electron chi connectivity index (χ0n) is 16.2. The van der Waals surface area contributed by atoms with Gasteiger partial charge in [-0.2, -0.15) is 30.6 Å². The predicted molar refractivity (Wildman–Crippen MR) is 104 cm³/mol. The van der Waals surface area contributed by atoms with Crippen LogP contribution in [-0.4, -0.2) is 41.5 Å². The van der Waals surface area contributed by atoms with Crippen molar-refractivity contribution in [3.8, 4) is 11.3 Å². The molecular weight excluding hydrogens is 503 g/mol. The molecule has 0 amide bonds. The van der Waals surface area contributed by atoms with Gasteiger partial charge in [0.1, 0.15) is 11.9 Å². The molecular formula is C19H13ClF7N3O2S. The monoisotopic (exact) mass is 515 g/mol. The zero-order chi connectivity index (χ0) is 24.3. The molecule has 4 rings (SSSR count). The SMILES string of the molecule is O=S(=O)(c1[nH]c2c(F)cc(C(F)(F)F)c(-c3ccccn3)c2c1Cl)N1CCC[C@H]1C(F)(F)F. The molecule has 1 atom stereocenters. The molecule has 1 N–H and O–H groups in total. The van der Waals surface area contributed by atoms with E-state index in [2.05, 4.69) is 9.97 Å². The summed E-state index contributed by atoms with van der Waals surface area (Å²) in [6.07, 6.45) is -9.37. The molecule has 14 heteroatoms. The van der Waals surface area contributed by atoms with Crippen molar-refractivity contribution in [3.05, 3.63) is 46.9 Å². The van der Waals surface area contributed by atoms with E-state index < -0.39 is 79.3 Å². The smallest absolute Gasteiger partial charge is 0.341 e. The Morgan fingerprint density at radius 3 is 2.42 bits per heavy atom. The Balaban J connectivity index is 2.03. The largest absolute Gasteiger partial charge is 0.417 e. The molecule has 1 aromatic carbocycles. The van der Waals surface area contributed by atoms with Gasteiger partial charge in [0.15, 0.2) is 5.03 Å². The van der Waals surface area contributed by atoms with Gasteiger partial charge in [0.2, 0.25) is 0 Å². The summed E-state index contributed by atoms with van der Waals surface area (Å²) in [5.41, 5.74) is -3.15. The number of nitrogens with zero attached hydrogens (tertiary/aromatic N) is 2. The van der Waals surface area contributed by atoms with E-state index in [-0.39, 0.29) is 22.5 Å². The molecule has 3 heterocycles. The normalized spacial score (nSPS) is 18.4. The Bertz CT molecular complexity index is 1320. The molecule has 1 fully saturated rings. The maximum Gasteiger partial charge on any atom is 0.417 e. The van der Waals surface area contributed by atoms with Crippen molar-refractivity contribution >= 4 is 32.5 Å². The lowest BCUT2D eigenvalue weighted by atomic mass is 9.98. The molecule has 1 aliphatic rings. The Morgan fingerprint density at radius 2 is 1.85 bits per heavy atom. The number of hydrogen-bond acceptors (Lipinski definition) is 3. The van der Waals surface area contributed by atoms with E-state index in [1.165, 1.54) is 24.4 Å². The van der Waals surface area contributed by atoms with Gasteiger partial charge < -0.3 is 4.98 Å². The summed E-state index contributed by atoms with van der Waals surface area (Å²) in [6, 6.07) is 1.77. The van der Waals surface area contributed by atoms with Crippen molar-refractivity contribution < 1.29 is 39.2 Å². The average molecular weight is 516 g/mol. The van der Waals surface area contributed by atoms with Gasteiger partial charge in [0, 0.05) is 23.7 Å². The minimum Gasteiger partial charge on any atom is -0.341 e. The highest BCUT2D eigenvalue weighted by Gasteiger charge is 2.51. The molecule has 0 radical (unpaired) electrons. The highest BCUT2D eigenvalue weighted by molar-refractivity contribution is 7.89. The highest BCUT2D eigenvalue weighted by atomic mass is 35.5. The summed E-state index contributed by atoms with van der Waals surface area (Å²) in [4.78, 5) is 5.94. The van der Waals surface area contributed by atoms with Crippen LogP contribution in [0.2, 0.25) is 5.02 Å². The number of halogens is 8. The van der Waals surface area contributed by atoms with Gasteiger partial charge in [0.05, 0.1) is 21.8 Å². The number of pyridine rings is 1. The number of sulfonamides is 1. The van der Waals surface area contributed by atoms with Crippen LogP contribution in [0.3, 0.4) is 0 Å². The number of hydrogen-bond donors (Lipinski definition) is 1. The van der Waals surface area contributed by atoms with Gasteiger partial charge in [-0.15, -0.1) is 0 Å². The molecule has 0 unspecified atom stereocenters. The van der Waals surface area contributed by atoms with E-state index in [4.69, 9.17) is 11.6 Å². The van der Waals surface area contributed by atoms with Crippen molar-refractivity contribution in [1.29, 1.82) is 0 Å². The molecule has 0 aliphatic carbocycles. The molecule has 0 bridgehead atoms. The third-order valence-corrected chi connectivity index (χ3v) is 7.68. The minimum absolute atomic E-state index is 0.0903. The summed E-state index contributed by atoms with van der Waals surface area (Å²) in [5.74, 6) is -1.48. The molecule has 178 valence electrons. The van der Waals surface area contributed by atoms with E-state index in [1.54, 1.807) is 0 Å². The Hall–Kier alpha value is -2.38. The van der Waals surface area contributed by atoms with Crippen LogP contribution in [0.15, 0.2) is 35.5 Å². The van der Waals surface area contributed by atoms with E-state index in [1.807, 2.05) is 0 Å². The summed E-state index contributed by atoms with van der Waals surface area (Å²) < 4.78 is 122. The fourth-order valence-corrected chi connectivity index (χ4v) is 6.18. The lowest BCUT2D eigenvalue weighted by molar-refractivity contribution is -0.165. The lowest BCUT2D eigenvalue weighted by Crippen LogP contribution is -2.44.